The molecule has 0 aliphatic carbocycles. The van der Waals surface area contributed by atoms with E-state index in [0.29, 0.717) is 17.4 Å². The molecular formula is C14H16N2O2. The van der Waals surface area contributed by atoms with Crippen LogP contribution in [0.25, 0.3) is 0 Å². The van der Waals surface area contributed by atoms with E-state index in [2.05, 4.69) is 24.3 Å². The lowest BCUT2D eigenvalue weighted by Gasteiger charge is -2.07. The minimum absolute atomic E-state index is 0.260. The molecule has 4 nitrogen and oxygen atoms in total. The first-order valence-corrected chi connectivity index (χ1v) is 5.91. The fraction of sp³-hybridized carbons (Fsp3) is 0.286. The molecule has 0 saturated heterocycles. The van der Waals surface area contributed by atoms with Crippen molar-refractivity contribution >= 4 is 11.6 Å². The van der Waals surface area contributed by atoms with Gasteiger partial charge in [-0.2, -0.15) is 0 Å². The maximum Gasteiger partial charge on any atom is 0.277 e. The Kier molecular flexibility index (Phi) is 3.46. The van der Waals surface area contributed by atoms with Crippen LogP contribution in [0.5, 0.6) is 0 Å². The number of rotatable bonds is 3. The van der Waals surface area contributed by atoms with Crippen LogP contribution in [-0.4, -0.2) is 11.1 Å². The Bertz CT molecular complexity index is 541. The van der Waals surface area contributed by atoms with Crippen molar-refractivity contribution < 1.29 is 9.32 Å². The van der Waals surface area contributed by atoms with Crippen LogP contribution < -0.4 is 5.32 Å². The Morgan fingerprint density at radius 3 is 2.44 bits per heavy atom. The van der Waals surface area contributed by atoms with Crippen molar-refractivity contribution in [2.45, 2.75) is 26.7 Å². The Labute approximate surface area is 106 Å². The van der Waals surface area contributed by atoms with Crippen molar-refractivity contribution in [3.8, 4) is 0 Å². The van der Waals surface area contributed by atoms with Gasteiger partial charge in [-0.3, -0.25) is 4.79 Å². The van der Waals surface area contributed by atoms with Gasteiger partial charge < -0.3 is 9.84 Å². The molecule has 0 aliphatic rings. The molecule has 0 atom stereocenters. The number of aromatic nitrogens is 1. The number of nitrogens with zero attached hydrogens (tertiary/aromatic N) is 1. The third-order valence-corrected chi connectivity index (χ3v) is 2.70. The molecule has 0 unspecified atom stereocenters. The van der Waals surface area contributed by atoms with Crippen LogP contribution in [0.4, 0.5) is 5.69 Å². The SMILES string of the molecule is Cc1cc(C(=O)Nc2ccc(C(C)C)cc2)no1. The molecule has 0 spiro atoms. The molecule has 0 saturated carbocycles. The van der Waals surface area contributed by atoms with E-state index < -0.39 is 0 Å². The Morgan fingerprint density at radius 1 is 1.28 bits per heavy atom. The number of nitrogens with one attached hydrogen (secondary N) is 1. The van der Waals surface area contributed by atoms with E-state index in [9.17, 15) is 4.79 Å². The van der Waals surface area contributed by atoms with Gasteiger partial charge in [-0.15, -0.1) is 0 Å². The second-order valence-corrected chi connectivity index (χ2v) is 4.55. The summed E-state index contributed by atoms with van der Waals surface area (Å²) >= 11 is 0. The highest BCUT2D eigenvalue weighted by Gasteiger charge is 2.11. The molecule has 0 aliphatic heterocycles. The third kappa shape index (κ3) is 2.77. The zero-order chi connectivity index (χ0) is 13.1. The maximum atomic E-state index is 11.8. The summed E-state index contributed by atoms with van der Waals surface area (Å²) in [7, 11) is 0. The monoisotopic (exact) mass is 244 g/mol. The summed E-state index contributed by atoms with van der Waals surface area (Å²) in [5.74, 6) is 0.840. The molecule has 1 aromatic carbocycles. The molecule has 0 fully saturated rings. The lowest BCUT2D eigenvalue weighted by atomic mass is 10.0. The maximum absolute atomic E-state index is 11.8. The van der Waals surface area contributed by atoms with Crippen LogP contribution >= 0.6 is 0 Å². The number of aryl methyl sites for hydroxylation is 1. The summed E-state index contributed by atoms with van der Waals surface area (Å²) < 4.78 is 4.86. The Morgan fingerprint density at radius 2 is 1.94 bits per heavy atom. The molecule has 1 amide bonds. The number of hydrogen-bond acceptors (Lipinski definition) is 3. The summed E-state index contributed by atoms with van der Waals surface area (Å²) in [6.07, 6.45) is 0. The van der Waals surface area contributed by atoms with E-state index in [1.54, 1.807) is 13.0 Å². The highest BCUT2D eigenvalue weighted by atomic mass is 16.5. The molecule has 1 N–H and O–H groups in total. The highest BCUT2D eigenvalue weighted by molar-refractivity contribution is 6.02. The van der Waals surface area contributed by atoms with E-state index in [4.69, 9.17) is 4.52 Å². The second kappa shape index (κ2) is 5.04. The first-order chi connectivity index (χ1) is 8.56. The minimum Gasteiger partial charge on any atom is -0.361 e. The molecule has 94 valence electrons. The predicted octanol–water partition coefficient (Wildman–Crippen LogP) is 3.36. The van der Waals surface area contributed by atoms with Gasteiger partial charge in [0.1, 0.15) is 5.76 Å². The second-order valence-electron chi connectivity index (χ2n) is 4.55. The Hall–Kier alpha value is -2.10. The average Bonchev–Trinajstić information content (AvgIpc) is 2.76. The summed E-state index contributed by atoms with van der Waals surface area (Å²) in [6.45, 7) is 6.01. The zero-order valence-corrected chi connectivity index (χ0v) is 10.7. The van der Waals surface area contributed by atoms with Gasteiger partial charge in [0.15, 0.2) is 5.69 Å². The lowest BCUT2D eigenvalue weighted by Crippen LogP contribution is -2.12. The minimum atomic E-state index is -0.260. The number of benzene rings is 1. The molecule has 2 rings (SSSR count). The quantitative estimate of drug-likeness (QED) is 0.900. The summed E-state index contributed by atoms with van der Waals surface area (Å²) in [4.78, 5) is 11.8. The molecule has 0 radical (unpaired) electrons. The number of carbonyl (C=O) groups excluding carboxylic acids is 1. The van der Waals surface area contributed by atoms with Gasteiger partial charge >= 0.3 is 0 Å². The van der Waals surface area contributed by atoms with Crippen LogP contribution in [-0.2, 0) is 0 Å². The standard InChI is InChI=1S/C14H16N2O2/c1-9(2)11-4-6-12(7-5-11)15-14(17)13-8-10(3)18-16-13/h4-9H,1-3H3,(H,15,17). The smallest absolute Gasteiger partial charge is 0.277 e. The van der Waals surface area contributed by atoms with Gasteiger partial charge in [0.2, 0.25) is 0 Å². The van der Waals surface area contributed by atoms with Gasteiger partial charge in [-0.25, -0.2) is 0 Å². The summed E-state index contributed by atoms with van der Waals surface area (Å²) in [6, 6.07) is 9.40. The van der Waals surface area contributed by atoms with Crippen LogP contribution in [0.1, 0.15) is 41.6 Å². The average molecular weight is 244 g/mol. The predicted molar refractivity (Wildman–Crippen MR) is 69.7 cm³/mol. The van der Waals surface area contributed by atoms with Crippen LogP contribution in [0.3, 0.4) is 0 Å². The van der Waals surface area contributed by atoms with E-state index in [1.165, 1.54) is 5.56 Å². The van der Waals surface area contributed by atoms with E-state index in [-0.39, 0.29) is 5.91 Å². The van der Waals surface area contributed by atoms with Crippen molar-refractivity contribution in [1.82, 2.24) is 5.16 Å². The van der Waals surface area contributed by atoms with Gasteiger partial charge in [-0.05, 0) is 30.5 Å². The van der Waals surface area contributed by atoms with Gasteiger partial charge in [0.25, 0.3) is 5.91 Å². The van der Waals surface area contributed by atoms with E-state index >= 15 is 0 Å². The van der Waals surface area contributed by atoms with Crippen LogP contribution in [0, 0.1) is 6.92 Å². The number of hydrogen-bond donors (Lipinski definition) is 1. The molecular weight excluding hydrogens is 228 g/mol. The Balaban J connectivity index is 2.07. The van der Waals surface area contributed by atoms with Gasteiger partial charge in [0.05, 0.1) is 0 Å². The van der Waals surface area contributed by atoms with E-state index in [0.717, 1.165) is 5.69 Å². The zero-order valence-electron chi connectivity index (χ0n) is 10.7. The number of anilines is 1. The first kappa shape index (κ1) is 12.4. The van der Waals surface area contributed by atoms with Crippen molar-refractivity contribution in [1.29, 1.82) is 0 Å². The number of amides is 1. The van der Waals surface area contributed by atoms with Crippen LogP contribution in [0.2, 0.25) is 0 Å². The molecule has 4 heteroatoms. The molecule has 1 aromatic heterocycles. The number of carbonyl (C=O) groups is 1. The van der Waals surface area contributed by atoms with Gasteiger partial charge in [0, 0.05) is 11.8 Å². The van der Waals surface area contributed by atoms with Crippen molar-refractivity contribution in [3.63, 3.8) is 0 Å². The normalized spacial score (nSPS) is 10.7. The lowest BCUT2D eigenvalue weighted by molar-refractivity contribution is 0.101. The largest absolute Gasteiger partial charge is 0.361 e. The van der Waals surface area contributed by atoms with Crippen LogP contribution in [0.15, 0.2) is 34.9 Å². The molecule has 1 heterocycles. The summed E-state index contributed by atoms with van der Waals surface area (Å²) in [5.41, 5.74) is 2.29. The van der Waals surface area contributed by atoms with Gasteiger partial charge in [-0.1, -0.05) is 31.1 Å². The van der Waals surface area contributed by atoms with Crippen molar-refractivity contribution in [3.05, 3.63) is 47.3 Å². The highest BCUT2D eigenvalue weighted by Crippen LogP contribution is 2.17. The molecule has 0 bridgehead atoms. The van der Waals surface area contributed by atoms with Crippen molar-refractivity contribution in [2.75, 3.05) is 5.32 Å². The first-order valence-electron chi connectivity index (χ1n) is 5.91. The fourth-order valence-electron chi connectivity index (χ4n) is 1.62. The van der Waals surface area contributed by atoms with Crippen molar-refractivity contribution in [2.24, 2.45) is 0 Å². The summed E-state index contributed by atoms with van der Waals surface area (Å²) in [5, 5.41) is 6.45. The topological polar surface area (TPSA) is 55.1 Å². The molecule has 2 aromatic rings. The third-order valence-electron chi connectivity index (χ3n) is 2.70. The fourth-order valence-corrected chi connectivity index (χ4v) is 1.62. The van der Waals surface area contributed by atoms with E-state index in [1.807, 2.05) is 24.3 Å². The molecule has 18 heavy (non-hydrogen) atoms.